The Balaban J connectivity index is 1.36. The van der Waals surface area contributed by atoms with E-state index in [1.54, 1.807) is 12.1 Å². The van der Waals surface area contributed by atoms with Gasteiger partial charge in [-0.1, -0.05) is 17.7 Å². The largest absolute Gasteiger partial charge is 0.377 e. The lowest BCUT2D eigenvalue weighted by atomic mass is 10.1. The van der Waals surface area contributed by atoms with Crippen LogP contribution in [0.15, 0.2) is 29.2 Å². The minimum absolute atomic E-state index is 0.0314. The summed E-state index contributed by atoms with van der Waals surface area (Å²) in [6.45, 7) is 7.04. The van der Waals surface area contributed by atoms with Crippen molar-refractivity contribution in [2.24, 2.45) is 0 Å². The lowest BCUT2D eigenvalue weighted by Gasteiger charge is -2.22. The molecule has 1 heterocycles. The van der Waals surface area contributed by atoms with Crippen molar-refractivity contribution in [1.29, 1.82) is 0 Å². The molecule has 0 unspecified atom stereocenters. The van der Waals surface area contributed by atoms with E-state index < -0.39 is 10.1 Å². The van der Waals surface area contributed by atoms with Gasteiger partial charge >= 0.3 is 0 Å². The van der Waals surface area contributed by atoms with E-state index in [0.29, 0.717) is 45.7 Å². The van der Waals surface area contributed by atoms with Gasteiger partial charge in [-0.3, -0.25) is 4.18 Å². The first-order valence-electron chi connectivity index (χ1n) is 10.1. The summed E-state index contributed by atoms with van der Waals surface area (Å²) in [4.78, 5) is 0.146. The van der Waals surface area contributed by atoms with Crippen LogP contribution in [0.25, 0.3) is 0 Å². The van der Waals surface area contributed by atoms with E-state index in [9.17, 15) is 8.42 Å². The highest BCUT2D eigenvalue weighted by Gasteiger charge is 2.14. The van der Waals surface area contributed by atoms with Gasteiger partial charge in [0.05, 0.1) is 63.9 Å². The van der Waals surface area contributed by atoms with Crippen LogP contribution >= 0.6 is 0 Å². The molecule has 0 aromatic heterocycles. The number of rotatable bonds is 15. The molecule has 1 aromatic carbocycles. The second-order valence-corrected chi connectivity index (χ2v) is 8.36. The lowest BCUT2D eigenvalue weighted by Crippen LogP contribution is -2.33. The number of benzene rings is 1. The molecule has 1 saturated heterocycles. The van der Waals surface area contributed by atoms with Gasteiger partial charge in [-0.05, 0) is 45.0 Å². The molecule has 1 fully saturated rings. The molecule has 1 N–H and O–H groups in total. The summed E-state index contributed by atoms with van der Waals surface area (Å²) in [5.74, 6) is 0. The van der Waals surface area contributed by atoms with E-state index in [-0.39, 0.29) is 18.1 Å². The van der Waals surface area contributed by atoms with Gasteiger partial charge in [-0.2, -0.15) is 8.42 Å². The van der Waals surface area contributed by atoms with Crippen molar-refractivity contribution in [3.8, 4) is 0 Å². The zero-order valence-electron chi connectivity index (χ0n) is 17.1. The molecule has 166 valence electrons. The second kappa shape index (κ2) is 14.0. The van der Waals surface area contributed by atoms with Gasteiger partial charge in [0.1, 0.15) is 0 Å². The molecule has 0 atom stereocenters. The summed E-state index contributed by atoms with van der Waals surface area (Å²) in [6, 6.07) is 6.52. The Labute approximate surface area is 173 Å². The molecular weight excluding hydrogens is 398 g/mol. The minimum atomic E-state index is -3.74. The van der Waals surface area contributed by atoms with E-state index in [1.807, 2.05) is 6.92 Å². The molecule has 29 heavy (non-hydrogen) atoms. The number of ether oxygens (including phenoxy) is 4. The smallest absolute Gasteiger partial charge is 0.297 e. The normalized spacial score (nSPS) is 15.6. The quantitative estimate of drug-likeness (QED) is 0.330. The van der Waals surface area contributed by atoms with Crippen LogP contribution in [-0.4, -0.2) is 80.5 Å². The van der Waals surface area contributed by atoms with Gasteiger partial charge in [0.25, 0.3) is 10.1 Å². The summed E-state index contributed by atoms with van der Waals surface area (Å²) >= 11 is 0. The predicted molar refractivity (Wildman–Crippen MR) is 109 cm³/mol. The second-order valence-electron chi connectivity index (χ2n) is 6.75. The molecule has 8 nitrogen and oxygen atoms in total. The van der Waals surface area contributed by atoms with Crippen LogP contribution in [0.4, 0.5) is 0 Å². The molecular formula is C20H33NO7S. The van der Waals surface area contributed by atoms with Crippen molar-refractivity contribution in [1.82, 2.24) is 5.32 Å². The molecule has 0 amide bonds. The minimum Gasteiger partial charge on any atom is -0.377 e. The van der Waals surface area contributed by atoms with Crippen LogP contribution < -0.4 is 5.32 Å². The maximum atomic E-state index is 12.0. The van der Waals surface area contributed by atoms with Crippen LogP contribution in [0.5, 0.6) is 0 Å². The van der Waals surface area contributed by atoms with E-state index in [4.69, 9.17) is 23.1 Å². The van der Waals surface area contributed by atoms with Crippen LogP contribution in [0.1, 0.15) is 18.4 Å². The molecule has 0 bridgehead atoms. The Morgan fingerprint density at radius 1 is 0.828 bits per heavy atom. The first kappa shape index (κ1) is 24.2. The van der Waals surface area contributed by atoms with Crippen LogP contribution in [0.3, 0.4) is 0 Å². The van der Waals surface area contributed by atoms with E-state index in [2.05, 4.69) is 5.32 Å². The fourth-order valence-electron chi connectivity index (χ4n) is 2.75. The van der Waals surface area contributed by atoms with Crippen molar-refractivity contribution in [3.63, 3.8) is 0 Å². The predicted octanol–water partition coefficient (Wildman–Crippen LogP) is 1.52. The number of nitrogens with one attached hydrogen (secondary N) is 1. The Kier molecular flexibility index (Phi) is 11.7. The fourth-order valence-corrected chi connectivity index (χ4v) is 3.65. The molecule has 0 radical (unpaired) electrons. The van der Waals surface area contributed by atoms with Crippen molar-refractivity contribution in [2.75, 3.05) is 65.9 Å². The van der Waals surface area contributed by atoms with Gasteiger partial charge in [0.2, 0.25) is 0 Å². The Morgan fingerprint density at radius 3 is 1.93 bits per heavy atom. The average Bonchev–Trinajstić information content (AvgIpc) is 2.72. The molecule has 1 aliphatic rings. The van der Waals surface area contributed by atoms with Crippen LogP contribution in [0, 0.1) is 6.92 Å². The van der Waals surface area contributed by atoms with Crippen molar-refractivity contribution in [3.05, 3.63) is 29.8 Å². The Hall–Kier alpha value is -1.07. The van der Waals surface area contributed by atoms with Crippen molar-refractivity contribution < 1.29 is 31.5 Å². The van der Waals surface area contributed by atoms with E-state index in [0.717, 1.165) is 31.5 Å². The van der Waals surface area contributed by atoms with Gasteiger partial charge in [-0.15, -0.1) is 0 Å². The summed E-state index contributed by atoms with van der Waals surface area (Å²) in [5.41, 5.74) is 0.989. The third kappa shape index (κ3) is 10.5. The SMILES string of the molecule is Cc1ccc(S(=O)(=O)OCCOCCOCCOCCOC2CCNCC2)cc1. The highest BCUT2D eigenvalue weighted by molar-refractivity contribution is 7.86. The molecule has 9 heteroatoms. The van der Waals surface area contributed by atoms with E-state index in [1.165, 1.54) is 12.1 Å². The highest BCUT2D eigenvalue weighted by Crippen LogP contribution is 2.12. The summed E-state index contributed by atoms with van der Waals surface area (Å²) in [6.07, 6.45) is 2.47. The zero-order chi connectivity index (χ0) is 20.8. The topological polar surface area (TPSA) is 92.3 Å². The molecule has 1 aromatic rings. The van der Waals surface area contributed by atoms with E-state index >= 15 is 0 Å². The third-order valence-electron chi connectivity index (χ3n) is 4.39. The summed E-state index contributed by atoms with van der Waals surface area (Å²) in [7, 11) is -3.74. The number of aryl methyl sites for hydroxylation is 1. The van der Waals surface area contributed by atoms with Gasteiger partial charge in [0.15, 0.2) is 0 Å². The summed E-state index contributed by atoms with van der Waals surface area (Å²) < 4.78 is 50.8. The number of piperidine rings is 1. The van der Waals surface area contributed by atoms with Crippen molar-refractivity contribution in [2.45, 2.75) is 30.8 Å². The lowest BCUT2D eigenvalue weighted by molar-refractivity contribution is -0.0259. The van der Waals surface area contributed by atoms with Gasteiger partial charge in [0, 0.05) is 0 Å². The molecule has 0 aliphatic carbocycles. The highest BCUT2D eigenvalue weighted by atomic mass is 32.2. The molecule has 1 aliphatic heterocycles. The first-order chi connectivity index (χ1) is 14.1. The Morgan fingerprint density at radius 2 is 1.34 bits per heavy atom. The van der Waals surface area contributed by atoms with Crippen molar-refractivity contribution >= 4 is 10.1 Å². The Bertz CT molecular complexity index is 645. The average molecular weight is 432 g/mol. The van der Waals surface area contributed by atoms with Crippen LogP contribution in [-0.2, 0) is 33.2 Å². The monoisotopic (exact) mass is 431 g/mol. The number of hydrogen-bond donors (Lipinski definition) is 1. The molecule has 0 spiro atoms. The zero-order valence-corrected chi connectivity index (χ0v) is 18.0. The van der Waals surface area contributed by atoms with Crippen LogP contribution in [0.2, 0.25) is 0 Å². The third-order valence-corrected chi connectivity index (χ3v) is 5.71. The maximum absolute atomic E-state index is 12.0. The summed E-state index contributed by atoms with van der Waals surface area (Å²) in [5, 5.41) is 3.30. The molecule has 2 rings (SSSR count). The first-order valence-corrected chi connectivity index (χ1v) is 11.5. The van der Waals surface area contributed by atoms with Gasteiger partial charge < -0.3 is 24.3 Å². The standard InChI is InChI=1S/C20H33NO7S/c1-18-2-4-20(5-3-18)29(22,23)28-17-15-26-13-11-24-10-12-25-14-16-27-19-6-8-21-9-7-19/h2-5,19,21H,6-17H2,1H3. The molecule has 0 saturated carbocycles. The maximum Gasteiger partial charge on any atom is 0.297 e. The van der Waals surface area contributed by atoms with Gasteiger partial charge in [-0.25, -0.2) is 0 Å². The number of hydrogen-bond acceptors (Lipinski definition) is 8. The fraction of sp³-hybridized carbons (Fsp3) is 0.700.